The summed E-state index contributed by atoms with van der Waals surface area (Å²) in [7, 11) is 0. The average Bonchev–Trinajstić information content (AvgIpc) is 2.84. The van der Waals surface area contributed by atoms with Crippen LogP contribution in [0.1, 0.15) is 15.9 Å². The van der Waals surface area contributed by atoms with Crippen molar-refractivity contribution in [1.82, 2.24) is 4.98 Å². The fourth-order valence-corrected chi connectivity index (χ4v) is 2.96. The van der Waals surface area contributed by atoms with Crippen LogP contribution < -0.4 is 0 Å². The van der Waals surface area contributed by atoms with Crippen LogP contribution in [0.5, 0.6) is 0 Å². The van der Waals surface area contributed by atoms with E-state index in [9.17, 15) is 4.79 Å². The number of rotatable bonds is 2. The summed E-state index contributed by atoms with van der Waals surface area (Å²) in [6.45, 7) is 2.08. The summed E-state index contributed by atoms with van der Waals surface area (Å²) in [6.07, 6.45) is 2.68. The summed E-state index contributed by atoms with van der Waals surface area (Å²) in [6, 6.07) is 9.75. The van der Waals surface area contributed by atoms with Gasteiger partial charge in [0.05, 0.1) is 5.52 Å². The number of benzene rings is 1. The number of aromatic nitrogens is 1. The van der Waals surface area contributed by atoms with Gasteiger partial charge in [-0.25, -0.2) is 0 Å². The van der Waals surface area contributed by atoms with E-state index in [4.69, 9.17) is 0 Å². The second kappa shape index (κ2) is 4.35. The fraction of sp³-hybridized carbons (Fsp3) is 0.0667. The van der Waals surface area contributed by atoms with Crippen molar-refractivity contribution in [3.8, 4) is 10.4 Å². The summed E-state index contributed by atoms with van der Waals surface area (Å²) in [5.74, 6) is 0. The lowest BCUT2D eigenvalue weighted by Gasteiger charge is -2.04. The number of aldehydes is 1. The molecule has 0 atom stereocenters. The molecule has 0 bridgehead atoms. The van der Waals surface area contributed by atoms with Crippen molar-refractivity contribution in [3.05, 3.63) is 53.0 Å². The number of pyridine rings is 1. The van der Waals surface area contributed by atoms with E-state index in [1.165, 1.54) is 10.4 Å². The second-order valence-electron chi connectivity index (χ2n) is 4.24. The smallest absolute Gasteiger partial charge is 0.150 e. The molecule has 0 N–H and O–H groups in total. The Morgan fingerprint density at radius 2 is 2.11 bits per heavy atom. The third-order valence-electron chi connectivity index (χ3n) is 2.90. The van der Waals surface area contributed by atoms with Gasteiger partial charge >= 0.3 is 0 Å². The summed E-state index contributed by atoms with van der Waals surface area (Å²) in [4.78, 5) is 16.4. The van der Waals surface area contributed by atoms with Gasteiger partial charge in [-0.05, 0) is 48.2 Å². The maximum Gasteiger partial charge on any atom is 0.150 e. The summed E-state index contributed by atoms with van der Waals surface area (Å²) < 4.78 is 0. The van der Waals surface area contributed by atoms with E-state index in [-0.39, 0.29) is 0 Å². The Morgan fingerprint density at radius 3 is 2.83 bits per heavy atom. The number of carbonyl (C=O) groups excluding carboxylic acids is 1. The maximum absolute atomic E-state index is 10.9. The van der Waals surface area contributed by atoms with E-state index in [0.29, 0.717) is 5.56 Å². The van der Waals surface area contributed by atoms with E-state index in [1.54, 1.807) is 17.4 Å². The quantitative estimate of drug-likeness (QED) is 0.644. The van der Waals surface area contributed by atoms with Crippen molar-refractivity contribution in [2.75, 3.05) is 0 Å². The number of aryl methyl sites for hydroxylation is 1. The zero-order valence-corrected chi connectivity index (χ0v) is 10.7. The van der Waals surface area contributed by atoms with Gasteiger partial charge in [0.25, 0.3) is 0 Å². The van der Waals surface area contributed by atoms with E-state index in [2.05, 4.69) is 23.4 Å². The van der Waals surface area contributed by atoms with Crippen LogP contribution in [0.4, 0.5) is 0 Å². The lowest BCUT2D eigenvalue weighted by atomic mass is 10.1. The molecule has 0 amide bonds. The van der Waals surface area contributed by atoms with Crippen LogP contribution in [0.2, 0.25) is 0 Å². The highest BCUT2D eigenvalue weighted by Gasteiger charge is 2.07. The molecule has 0 unspecified atom stereocenters. The Balaban J connectivity index is 2.31. The lowest BCUT2D eigenvalue weighted by Crippen LogP contribution is -1.85. The molecular weight excluding hydrogens is 242 g/mol. The number of nitrogens with zero attached hydrogens (tertiary/aromatic N) is 1. The van der Waals surface area contributed by atoms with Crippen molar-refractivity contribution in [1.29, 1.82) is 0 Å². The van der Waals surface area contributed by atoms with Gasteiger partial charge in [-0.1, -0.05) is 0 Å². The first kappa shape index (κ1) is 11.1. The van der Waals surface area contributed by atoms with Gasteiger partial charge in [0.2, 0.25) is 0 Å². The Labute approximate surface area is 109 Å². The topological polar surface area (TPSA) is 30.0 Å². The third-order valence-corrected chi connectivity index (χ3v) is 3.98. The van der Waals surface area contributed by atoms with Crippen LogP contribution in [0.3, 0.4) is 0 Å². The number of thiophene rings is 1. The molecule has 0 saturated heterocycles. The molecule has 3 heteroatoms. The largest absolute Gasteiger partial charge is 0.298 e. The first-order chi connectivity index (χ1) is 8.78. The summed E-state index contributed by atoms with van der Waals surface area (Å²) in [5, 5.41) is 3.16. The molecule has 0 aliphatic carbocycles. The van der Waals surface area contributed by atoms with Gasteiger partial charge in [-0.2, -0.15) is 0 Å². The first-order valence-corrected chi connectivity index (χ1v) is 6.55. The van der Waals surface area contributed by atoms with E-state index in [1.807, 2.05) is 24.4 Å². The summed E-state index contributed by atoms with van der Waals surface area (Å²) >= 11 is 1.71. The van der Waals surface area contributed by atoms with Crippen molar-refractivity contribution in [2.24, 2.45) is 0 Å². The lowest BCUT2D eigenvalue weighted by molar-refractivity contribution is 0.112. The molecule has 3 aromatic rings. The van der Waals surface area contributed by atoms with Crippen LogP contribution >= 0.6 is 11.3 Å². The van der Waals surface area contributed by atoms with E-state index >= 15 is 0 Å². The Kier molecular flexibility index (Phi) is 2.68. The van der Waals surface area contributed by atoms with Crippen LogP contribution in [0.25, 0.3) is 21.3 Å². The van der Waals surface area contributed by atoms with Crippen molar-refractivity contribution < 1.29 is 4.79 Å². The predicted molar refractivity (Wildman–Crippen MR) is 75.2 cm³/mol. The standard InChI is InChI=1S/C15H11NOS/c1-10-6-15(18-9-10)12-4-5-16-14-3-2-11(8-17)7-13(12)14/h2-9H,1H3. The third kappa shape index (κ3) is 1.83. The second-order valence-corrected chi connectivity index (χ2v) is 5.15. The predicted octanol–water partition coefficient (Wildman–Crippen LogP) is 4.08. The molecule has 0 saturated carbocycles. The highest BCUT2D eigenvalue weighted by molar-refractivity contribution is 7.13. The zero-order valence-electron chi connectivity index (χ0n) is 9.88. The number of hydrogen-bond donors (Lipinski definition) is 0. The van der Waals surface area contributed by atoms with Gasteiger partial charge in [0, 0.05) is 27.6 Å². The Morgan fingerprint density at radius 1 is 1.22 bits per heavy atom. The summed E-state index contributed by atoms with van der Waals surface area (Å²) in [5.41, 5.74) is 4.00. The fourth-order valence-electron chi connectivity index (χ4n) is 2.02. The highest BCUT2D eigenvalue weighted by Crippen LogP contribution is 2.32. The molecule has 0 spiro atoms. The Hall–Kier alpha value is -2.00. The molecule has 0 fully saturated rings. The van der Waals surface area contributed by atoms with Gasteiger partial charge in [0.15, 0.2) is 0 Å². The van der Waals surface area contributed by atoms with E-state index < -0.39 is 0 Å². The van der Waals surface area contributed by atoms with Crippen molar-refractivity contribution >= 4 is 28.5 Å². The normalized spacial score (nSPS) is 10.7. The highest BCUT2D eigenvalue weighted by atomic mass is 32.1. The molecule has 2 aromatic heterocycles. The molecule has 2 nitrogen and oxygen atoms in total. The number of fused-ring (bicyclic) bond motifs is 1. The number of hydrogen-bond acceptors (Lipinski definition) is 3. The van der Waals surface area contributed by atoms with E-state index in [0.717, 1.165) is 22.8 Å². The van der Waals surface area contributed by atoms with Gasteiger partial charge in [0.1, 0.15) is 6.29 Å². The molecule has 88 valence electrons. The van der Waals surface area contributed by atoms with Gasteiger partial charge in [-0.3, -0.25) is 9.78 Å². The molecule has 0 aliphatic heterocycles. The van der Waals surface area contributed by atoms with Crippen LogP contribution in [-0.4, -0.2) is 11.3 Å². The molecule has 0 radical (unpaired) electrons. The van der Waals surface area contributed by atoms with Crippen molar-refractivity contribution in [2.45, 2.75) is 6.92 Å². The molecule has 1 aromatic carbocycles. The van der Waals surface area contributed by atoms with Crippen molar-refractivity contribution in [3.63, 3.8) is 0 Å². The molecule has 3 rings (SSSR count). The zero-order chi connectivity index (χ0) is 12.5. The molecular formula is C15H11NOS. The maximum atomic E-state index is 10.9. The van der Waals surface area contributed by atoms with Gasteiger partial charge in [-0.15, -0.1) is 11.3 Å². The molecule has 2 heterocycles. The average molecular weight is 253 g/mol. The van der Waals surface area contributed by atoms with Crippen LogP contribution in [-0.2, 0) is 0 Å². The monoisotopic (exact) mass is 253 g/mol. The molecule has 0 aliphatic rings. The minimum absolute atomic E-state index is 0.685. The minimum Gasteiger partial charge on any atom is -0.298 e. The minimum atomic E-state index is 0.685. The van der Waals surface area contributed by atoms with Gasteiger partial charge < -0.3 is 0 Å². The SMILES string of the molecule is Cc1csc(-c2ccnc3ccc(C=O)cc23)c1. The Bertz CT molecular complexity index is 730. The van der Waals surface area contributed by atoms with Crippen LogP contribution in [0, 0.1) is 6.92 Å². The van der Waals surface area contributed by atoms with Crippen LogP contribution in [0.15, 0.2) is 41.9 Å². The molecule has 18 heavy (non-hydrogen) atoms. The first-order valence-electron chi connectivity index (χ1n) is 5.67. The number of carbonyl (C=O) groups is 1.